The van der Waals surface area contributed by atoms with Crippen molar-refractivity contribution in [2.75, 3.05) is 19.5 Å². The Balaban J connectivity index is 2.47. The minimum Gasteiger partial charge on any atom is -0.469 e. The summed E-state index contributed by atoms with van der Waals surface area (Å²) in [6.45, 7) is 0. The van der Waals surface area contributed by atoms with Gasteiger partial charge in [0, 0.05) is 4.88 Å². The van der Waals surface area contributed by atoms with E-state index in [1.165, 1.54) is 25.6 Å². The molecule has 1 aliphatic carbocycles. The van der Waals surface area contributed by atoms with Crippen LogP contribution < -0.4 is 5.32 Å². The van der Waals surface area contributed by atoms with Crippen molar-refractivity contribution < 1.29 is 23.9 Å². The molecule has 22 heavy (non-hydrogen) atoms. The molecule has 1 aromatic rings. The lowest BCUT2D eigenvalue weighted by Gasteiger charge is -2.11. The number of nitrogens with one attached hydrogen (secondary N) is 1. The Morgan fingerprint density at radius 2 is 1.95 bits per heavy atom. The molecule has 0 radical (unpaired) electrons. The molecule has 0 fully saturated rings. The van der Waals surface area contributed by atoms with Crippen molar-refractivity contribution in [1.82, 2.24) is 0 Å². The number of fused-ring (bicyclic) bond motifs is 1. The highest BCUT2D eigenvalue weighted by atomic mass is 35.5. The number of alkyl halides is 2. The van der Waals surface area contributed by atoms with Gasteiger partial charge in [-0.2, -0.15) is 0 Å². The number of anilines is 1. The van der Waals surface area contributed by atoms with Crippen molar-refractivity contribution in [1.29, 1.82) is 0 Å². The number of carbonyl (C=O) groups is 3. The Morgan fingerprint density at radius 3 is 2.50 bits per heavy atom. The number of rotatable bonds is 4. The van der Waals surface area contributed by atoms with Crippen LogP contribution in [0.15, 0.2) is 0 Å². The van der Waals surface area contributed by atoms with Gasteiger partial charge < -0.3 is 14.8 Å². The van der Waals surface area contributed by atoms with Gasteiger partial charge in [-0.05, 0) is 18.4 Å². The lowest BCUT2D eigenvalue weighted by atomic mass is 9.99. The third-order valence-electron chi connectivity index (χ3n) is 3.34. The Hall–Kier alpha value is -1.31. The van der Waals surface area contributed by atoms with Gasteiger partial charge in [0.05, 0.1) is 25.7 Å². The second kappa shape index (κ2) is 6.85. The van der Waals surface area contributed by atoms with E-state index in [2.05, 4.69) is 5.32 Å². The zero-order valence-electron chi connectivity index (χ0n) is 11.8. The topological polar surface area (TPSA) is 81.7 Å². The first-order valence-electron chi connectivity index (χ1n) is 6.31. The fourth-order valence-electron chi connectivity index (χ4n) is 2.40. The van der Waals surface area contributed by atoms with Crippen LogP contribution in [0.4, 0.5) is 5.00 Å². The number of ether oxygens (including phenoxy) is 2. The van der Waals surface area contributed by atoms with Gasteiger partial charge in [0.15, 0.2) is 4.84 Å². The number of hydrogen-bond donors (Lipinski definition) is 1. The van der Waals surface area contributed by atoms with Crippen LogP contribution >= 0.6 is 34.5 Å². The van der Waals surface area contributed by atoms with Crippen LogP contribution in [-0.4, -0.2) is 36.9 Å². The fourth-order valence-corrected chi connectivity index (χ4v) is 3.78. The monoisotopic (exact) mass is 365 g/mol. The molecule has 6 nitrogen and oxygen atoms in total. The lowest BCUT2D eigenvalue weighted by Crippen LogP contribution is -2.21. The molecule has 0 aromatic carbocycles. The average Bonchev–Trinajstić information content (AvgIpc) is 3.03. The fraction of sp³-hybridized carbons (Fsp3) is 0.462. The molecule has 1 heterocycles. The maximum atomic E-state index is 12.1. The highest BCUT2D eigenvalue weighted by Gasteiger charge is 2.38. The van der Waals surface area contributed by atoms with Crippen molar-refractivity contribution in [3.8, 4) is 0 Å². The second-order valence-electron chi connectivity index (χ2n) is 4.54. The van der Waals surface area contributed by atoms with Crippen LogP contribution in [0.5, 0.6) is 0 Å². The summed E-state index contributed by atoms with van der Waals surface area (Å²) in [6, 6.07) is 0. The number of aryl methyl sites for hydroxylation is 1. The number of methoxy groups -OCH3 is 2. The summed E-state index contributed by atoms with van der Waals surface area (Å²) >= 11 is 12.2. The number of thiophene rings is 1. The van der Waals surface area contributed by atoms with Crippen molar-refractivity contribution in [3.05, 3.63) is 16.0 Å². The van der Waals surface area contributed by atoms with Gasteiger partial charge in [0.2, 0.25) is 0 Å². The first kappa shape index (κ1) is 17.1. The summed E-state index contributed by atoms with van der Waals surface area (Å²) in [5, 5.41) is 2.77. The van der Waals surface area contributed by atoms with Gasteiger partial charge in [0.1, 0.15) is 5.00 Å². The number of esters is 2. The molecule has 1 aliphatic rings. The molecule has 0 spiro atoms. The van der Waals surface area contributed by atoms with Gasteiger partial charge >= 0.3 is 11.9 Å². The Kier molecular flexibility index (Phi) is 5.31. The summed E-state index contributed by atoms with van der Waals surface area (Å²) in [6.07, 6.45) is 1.17. The number of carbonyl (C=O) groups excluding carboxylic acids is 3. The lowest BCUT2D eigenvalue weighted by molar-refractivity contribution is -0.142. The Morgan fingerprint density at radius 1 is 1.27 bits per heavy atom. The van der Waals surface area contributed by atoms with E-state index in [0.717, 1.165) is 4.88 Å². The minimum absolute atomic E-state index is 0.165. The normalized spacial score (nSPS) is 16.3. The molecule has 1 amide bonds. The standard InChI is InChI=1S/C13H13Cl2NO5S/c1-20-12(18)5-3-4-6-7(5)8(13(19)21-2)11(22-6)16-10(17)9(14)15/h5,9H,3-4H2,1-2H3,(H,16,17)/t5-/m0/s1. The van der Waals surface area contributed by atoms with E-state index >= 15 is 0 Å². The summed E-state index contributed by atoms with van der Waals surface area (Å²) in [5.74, 6) is -2.25. The van der Waals surface area contributed by atoms with E-state index in [0.29, 0.717) is 18.4 Å². The van der Waals surface area contributed by atoms with E-state index in [1.54, 1.807) is 0 Å². The Bertz CT molecular complexity index is 628. The molecule has 0 saturated carbocycles. The molecule has 0 bridgehead atoms. The molecule has 120 valence electrons. The van der Waals surface area contributed by atoms with E-state index in [9.17, 15) is 14.4 Å². The van der Waals surface area contributed by atoms with Crippen LogP contribution in [0.3, 0.4) is 0 Å². The van der Waals surface area contributed by atoms with E-state index in [4.69, 9.17) is 32.7 Å². The SMILES string of the molecule is COC(=O)c1c(NC(=O)C(Cl)Cl)sc2c1[C@@H](C(=O)OC)CC2. The molecule has 9 heteroatoms. The van der Waals surface area contributed by atoms with Crippen LogP contribution in [0.25, 0.3) is 0 Å². The molecule has 1 aromatic heterocycles. The number of hydrogen-bond acceptors (Lipinski definition) is 6. The third-order valence-corrected chi connectivity index (χ3v) is 4.92. The molecule has 1 N–H and O–H groups in total. The van der Waals surface area contributed by atoms with Gasteiger partial charge in [-0.3, -0.25) is 9.59 Å². The maximum Gasteiger partial charge on any atom is 0.341 e. The quantitative estimate of drug-likeness (QED) is 0.654. The highest BCUT2D eigenvalue weighted by molar-refractivity contribution is 7.17. The van der Waals surface area contributed by atoms with Crippen LogP contribution in [0.1, 0.15) is 33.1 Å². The van der Waals surface area contributed by atoms with Crippen molar-refractivity contribution >= 4 is 57.4 Å². The van der Waals surface area contributed by atoms with E-state index in [-0.39, 0.29) is 10.6 Å². The van der Waals surface area contributed by atoms with Crippen LogP contribution in [0, 0.1) is 0 Å². The second-order valence-corrected chi connectivity index (χ2v) is 6.74. The maximum absolute atomic E-state index is 12.1. The molecular weight excluding hydrogens is 353 g/mol. The summed E-state index contributed by atoms with van der Waals surface area (Å²) < 4.78 is 9.53. The Labute approximate surface area is 140 Å². The zero-order valence-corrected chi connectivity index (χ0v) is 14.1. The van der Waals surface area contributed by atoms with Crippen molar-refractivity contribution in [3.63, 3.8) is 0 Å². The zero-order chi connectivity index (χ0) is 16.4. The van der Waals surface area contributed by atoms with Crippen LogP contribution in [0.2, 0.25) is 0 Å². The first-order chi connectivity index (χ1) is 10.4. The first-order valence-corrected chi connectivity index (χ1v) is 8.00. The molecule has 0 saturated heterocycles. The van der Waals surface area contributed by atoms with Gasteiger partial charge in [0.25, 0.3) is 5.91 Å². The molecule has 0 aliphatic heterocycles. The van der Waals surface area contributed by atoms with E-state index < -0.39 is 28.6 Å². The predicted octanol–water partition coefficient (Wildman–Crippen LogP) is 2.48. The number of amides is 1. The summed E-state index contributed by atoms with van der Waals surface area (Å²) in [4.78, 5) is 35.2. The minimum atomic E-state index is -1.26. The highest BCUT2D eigenvalue weighted by Crippen LogP contribution is 2.45. The smallest absolute Gasteiger partial charge is 0.341 e. The predicted molar refractivity (Wildman–Crippen MR) is 82.9 cm³/mol. The molecule has 1 atom stereocenters. The summed E-state index contributed by atoms with van der Waals surface area (Å²) in [7, 11) is 2.52. The van der Waals surface area contributed by atoms with Gasteiger partial charge in [-0.15, -0.1) is 11.3 Å². The van der Waals surface area contributed by atoms with Crippen LogP contribution in [-0.2, 0) is 25.5 Å². The van der Waals surface area contributed by atoms with E-state index in [1.807, 2.05) is 0 Å². The largest absolute Gasteiger partial charge is 0.469 e. The molecule has 0 unspecified atom stereocenters. The van der Waals surface area contributed by atoms with Crippen molar-refractivity contribution in [2.24, 2.45) is 0 Å². The molecule has 2 rings (SSSR count). The number of halogens is 2. The summed E-state index contributed by atoms with van der Waals surface area (Å²) in [5.41, 5.74) is 0.720. The van der Waals surface area contributed by atoms with Gasteiger partial charge in [-0.1, -0.05) is 23.2 Å². The molecular formula is C13H13Cl2NO5S. The van der Waals surface area contributed by atoms with Gasteiger partial charge in [-0.25, -0.2) is 4.79 Å². The van der Waals surface area contributed by atoms with Crippen molar-refractivity contribution in [2.45, 2.75) is 23.6 Å². The average molecular weight is 366 g/mol. The third kappa shape index (κ3) is 3.06.